The highest BCUT2D eigenvalue weighted by atomic mass is 32.1. The molecule has 104 valence electrons. The Morgan fingerprint density at radius 1 is 1.39 bits per heavy atom. The van der Waals surface area contributed by atoms with Gasteiger partial charge in [-0.15, -0.1) is 0 Å². The SMILES string of the molecule is CC(C)CN(C(=O)C1(C(N)=S)CC(C)C1)C(C)C. The van der Waals surface area contributed by atoms with Crippen LogP contribution in [0.5, 0.6) is 0 Å². The highest BCUT2D eigenvalue weighted by Gasteiger charge is 2.52. The third-order valence-corrected chi connectivity index (χ3v) is 4.11. The molecule has 0 aromatic rings. The summed E-state index contributed by atoms with van der Waals surface area (Å²) in [4.78, 5) is 15.1. The number of nitrogens with zero attached hydrogens (tertiary/aromatic N) is 1. The zero-order valence-corrected chi connectivity index (χ0v) is 13.0. The van der Waals surface area contributed by atoms with Crippen molar-refractivity contribution in [2.24, 2.45) is 23.0 Å². The molecular weight excluding hydrogens is 244 g/mol. The zero-order valence-electron chi connectivity index (χ0n) is 12.2. The summed E-state index contributed by atoms with van der Waals surface area (Å²) in [5.41, 5.74) is 5.29. The summed E-state index contributed by atoms with van der Waals surface area (Å²) in [6, 6.07) is 0.196. The van der Waals surface area contributed by atoms with Gasteiger partial charge >= 0.3 is 0 Å². The lowest BCUT2D eigenvalue weighted by Gasteiger charge is -2.47. The number of hydrogen-bond donors (Lipinski definition) is 1. The maximum Gasteiger partial charge on any atom is 0.235 e. The lowest BCUT2D eigenvalue weighted by Crippen LogP contribution is -2.58. The maximum absolute atomic E-state index is 12.8. The second kappa shape index (κ2) is 5.55. The first kappa shape index (κ1) is 15.4. The summed E-state index contributed by atoms with van der Waals surface area (Å²) >= 11 is 5.16. The fourth-order valence-electron chi connectivity index (χ4n) is 2.81. The molecule has 0 atom stereocenters. The minimum Gasteiger partial charge on any atom is -0.392 e. The number of rotatable bonds is 5. The van der Waals surface area contributed by atoms with Gasteiger partial charge < -0.3 is 10.6 Å². The van der Waals surface area contributed by atoms with E-state index in [4.69, 9.17) is 18.0 Å². The summed E-state index contributed by atoms with van der Waals surface area (Å²) in [5.74, 6) is 1.14. The minimum atomic E-state index is -0.562. The van der Waals surface area contributed by atoms with Crippen molar-refractivity contribution in [3.05, 3.63) is 0 Å². The second-order valence-electron chi connectivity index (χ2n) is 6.40. The molecule has 0 aromatic heterocycles. The Hall–Kier alpha value is -0.640. The molecule has 0 bridgehead atoms. The van der Waals surface area contributed by atoms with Gasteiger partial charge in [-0.05, 0) is 38.5 Å². The molecule has 3 nitrogen and oxygen atoms in total. The average Bonchev–Trinajstić information content (AvgIpc) is 2.19. The van der Waals surface area contributed by atoms with Crippen molar-refractivity contribution in [1.29, 1.82) is 0 Å². The molecule has 0 unspecified atom stereocenters. The van der Waals surface area contributed by atoms with E-state index >= 15 is 0 Å². The van der Waals surface area contributed by atoms with Crippen molar-refractivity contribution in [2.45, 2.75) is 53.5 Å². The van der Waals surface area contributed by atoms with Gasteiger partial charge in [0.05, 0.1) is 10.4 Å². The molecule has 0 saturated heterocycles. The lowest BCUT2D eigenvalue weighted by molar-refractivity contribution is -0.146. The summed E-state index contributed by atoms with van der Waals surface area (Å²) < 4.78 is 0. The minimum absolute atomic E-state index is 0.136. The van der Waals surface area contributed by atoms with Gasteiger partial charge in [-0.2, -0.15) is 0 Å². The van der Waals surface area contributed by atoms with Crippen molar-refractivity contribution < 1.29 is 4.79 Å². The molecule has 1 saturated carbocycles. The number of hydrogen-bond acceptors (Lipinski definition) is 2. The summed E-state index contributed by atoms with van der Waals surface area (Å²) in [6.45, 7) is 11.3. The van der Waals surface area contributed by atoms with E-state index in [0.717, 1.165) is 19.4 Å². The van der Waals surface area contributed by atoms with Crippen LogP contribution >= 0.6 is 12.2 Å². The molecule has 1 aliphatic rings. The molecule has 1 amide bonds. The largest absolute Gasteiger partial charge is 0.392 e. The van der Waals surface area contributed by atoms with Crippen LogP contribution < -0.4 is 5.73 Å². The van der Waals surface area contributed by atoms with E-state index in [1.807, 2.05) is 4.90 Å². The first-order valence-electron chi connectivity index (χ1n) is 6.81. The van der Waals surface area contributed by atoms with Crippen molar-refractivity contribution in [1.82, 2.24) is 4.90 Å². The quantitative estimate of drug-likeness (QED) is 0.781. The van der Waals surface area contributed by atoms with E-state index in [2.05, 4.69) is 34.6 Å². The van der Waals surface area contributed by atoms with Crippen LogP contribution in [0.2, 0.25) is 0 Å². The summed E-state index contributed by atoms with van der Waals surface area (Å²) in [5, 5.41) is 0. The molecule has 0 radical (unpaired) electrons. The van der Waals surface area contributed by atoms with Crippen molar-refractivity contribution in [2.75, 3.05) is 6.54 Å². The number of carbonyl (C=O) groups excluding carboxylic acids is 1. The Morgan fingerprint density at radius 3 is 2.17 bits per heavy atom. The van der Waals surface area contributed by atoms with Gasteiger partial charge in [0.2, 0.25) is 5.91 Å². The molecule has 0 heterocycles. The second-order valence-corrected chi connectivity index (χ2v) is 6.84. The standard InChI is InChI=1S/C14H26N2OS/c1-9(2)8-16(10(3)4)13(17)14(12(15)18)6-11(5)7-14/h9-11H,6-8H2,1-5H3,(H2,15,18). The predicted octanol–water partition coefficient (Wildman–Crippen LogP) is 2.58. The fraction of sp³-hybridized carbons (Fsp3) is 0.857. The van der Waals surface area contributed by atoms with E-state index in [1.165, 1.54) is 0 Å². The van der Waals surface area contributed by atoms with Gasteiger partial charge in [0.25, 0.3) is 0 Å². The van der Waals surface area contributed by atoms with Gasteiger partial charge in [0.15, 0.2) is 0 Å². The van der Waals surface area contributed by atoms with Crippen LogP contribution in [0.25, 0.3) is 0 Å². The van der Waals surface area contributed by atoms with Crippen LogP contribution in [0, 0.1) is 17.3 Å². The van der Waals surface area contributed by atoms with Gasteiger partial charge in [0.1, 0.15) is 0 Å². The Balaban J connectivity index is 2.91. The molecule has 0 aliphatic heterocycles. The average molecular weight is 270 g/mol. The fourth-order valence-corrected chi connectivity index (χ4v) is 3.06. The highest BCUT2D eigenvalue weighted by molar-refractivity contribution is 7.80. The van der Waals surface area contributed by atoms with E-state index in [0.29, 0.717) is 16.8 Å². The molecule has 1 fully saturated rings. The van der Waals surface area contributed by atoms with Gasteiger partial charge in [-0.1, -0.05) is 33.0 Å². The first-order valence-corrected chi connectivity index (χ1v) is 7.22. The molecule has 1 rings (SSSR count). The van der Waals surface area contributed by atoms with E-state index in [9.17, 15) is 4.79 Å². The molecule has 4 heteroatoms. The Bertz CT molecular complexity index is 333. The normalized spacial score (nSPS) is 27.2. The van der Waals surface area contributed by atoms with E-state index in [1.54, 1.807) is 0 Å². The van der Waals surface area contributed by atoms with Crippen molar-refractivity contribution in [3.8, 4) is 0 Å². The van der Waals surface area contributed by atoms with Crippen molar-refractivity contribution >= 4 is 23.1 Å². The Morgan fingerprint density at radius 2 is 1.89 bits per heavy atom. The molecule has 18 heavy (non-hydrogen) atoms. The van der Waals surface area contributed by atoms with E-state index in [-0.39, 0.29) is 11.9 Å². The zero-order chi connectivity index (χ0) is 14.1. The first-order chi connectivity index (χ1) is 8.20. The van der Waals surface area contributed by atoms with Crippen molar-refractivity contribution in [3.63, 3.8) is 0 Å². The molecule has 0 aromatic carbocycles. The highest BCUT2D eigenvalue weighted by Crippen LogP contribution is 2.47. The smallest absolute Gasteiger partial charge is 0.235 e. The number of amides is 1. The summed E-state index contributed by atoms with van der Waals surface area (Å²) in [6.07, 6.45) is 1.62. The molecule has 0 spiro atoms. The topological polar surface area (TPSA) is 46.3 Å². The number of thiocarbonyl (C=S) groups is 1. The maximum atomic E-state index is 12.8. The third kappa shape index (κ3) is 2.85. The Kier molecular flexibility index (Phi) is 4.76. The predicted molar refractivity (Wildman–Crippen MR) is 79.3 cm³/mol. The monoisotopic (exact) mass is 270 g/mol. The lowest BCUT2D eigenvalue weighted by atomic mass is 9.61. The van der Waals surface area contributed by atoms with Gasteiger partial charge in [0, 0.05) is 12.6 Å². The van der Waals surface area contributed by atoms with Crippen LogP contribution in [-0.2, 0) is 4.79 Å². The third-order valence-electron chi connectivity index (χ3n) is 3.72. The molecular formula is C14H26N2OS. The van der Waals surface area contributed by atoms with Crippen LogP contribution in [-0.4, -0.2) is 28.4 Å². The number of nitrogens with two attached hydrogens (primary N) is 1. The van der Waals surface area contributed by atoms with E-state index < -0.39 is 5.41 Å². The van der Waals surface area contributed by atoms with Gasteiger partial charge in [-0.3, -0.25) is 4.79 Å². The van der Waals surface area contributed by atoms with Crippen LogP contribution in [0.3, 0.4) is 0 Å². The number of carbonyl (C=O) groups is 1. The van der Waals surface area contributed by atoms with Gasteiger partial charge in [-0.25, -0.2) is 0 Å². The molecule has 2 N–H and O–H groups in total. The van der Waals surface area contributed by atoms with Crippen LogP contribution in [0.15, 0.2) is 0 Å². The molecule has 1 aliphatic carbocycles. The van der Waals surface area contributed by atoms with Crippen LogP contribution in [0.4, 0.5) is 0 Å². The summed E-state index contributed by atoms with van der Waals surface area (Å²) in [7, 11) is 0. The Labute approximate surface area is 116 Å². The van der Waals surface area contributed by atoms with Crippen LogP contribution in [0.1, 0.15) is 47.5 Å².